The third kappa shape index (κ3) is 3.19. The molecular weight excluding hydrogens is 168 g/mol. The first kappa shape index (κ1) is 12.2. The van der Waals surface area contributed by atoms with Crippen molar-refractivity contribution in [2.24, 2.45) is 0 Å². The Morgan fingerprint density at radius 1 is 1.46 bits per heavy atom. The first-order chi connectivity index (χ1) is 6.13. The molecule has 0 aliphatic carbocycles. The van der Waals surface area contributed by atoms with E-state index in [1.54, 1.807) is 0 Å². The molecule has 1 N–H and O–H groups in total. The molecule has 0 unspecified atom stereocenters. The number of carboxylic acid groups (broad SMARTS) is 1. The summed E-state index contributed by atoms with van der Waals surface area (Å²) in [5, 5.41) is 8.97. The lowest BCUT2D eigenvalue weighted by atomic mass is 9.97. The van der Waals surface area contributed by atoms with Gasteiger partial charge in [-0.3, -0.25) is 0 Å². The second kappa shape index (κ2) is 5.75. The van der Waals surface area contributed by atoms with E-state index in [9.17, 15) is 4.79 Å². The zero-order chi connectivity index (χ0) is 10.3. The van der Waals surface area contributed by atoms with Crippen LogP contribution in [0.5, 0.6) is 0 Å². The fraction of sp³-hybridized carbons (Fsp3) is 0.700. The van der Waals surface area contributed by atoms with Gasteiger partial charge in [-0.05, 0) is 19.8 Å². The second-order valence-corrected chi connectivity index (χ2v) is 2.89. The summed E-state index contributed by atoms with van der Waals surface area (Å²) in [6.07, 6.45) is 4.65. The minimum Gasteiger partial charge on any atom is -0.479 e. The normalized spacial score (nSPS) is 12.2. The molecule has 76 valence electrons. The Morgan fingerprint density at radius 2 is 2.00 bits per heavy atom. The van der Waals surface area contributed by atoms with Gasteiger partial charge in [0.25, 0.3) is 0 Å². The molecule has 3 nitrogen and oxygen atoms in total. The summed E-state index contributed by atoms with van der Waals surface area (Å²) < 4.78 is 5.34. The standard InChI is InChI=1S/C10H18O3/c1-4-7-8-13-10(5-2,6-3)9(11)12/h4,7H,5-6,8H2,1-3H3,(H,11,12). The van der Waals surface area contributed by atoms with Crippen LogP contribution < -0.4 is 0 Å². The molecule has 0 saturated heterocycles. The van der Waals surface area contributed by atoms with Crippen molar-refractivity contribution in [3.63, 3.8) is 0 Å². The Labute approximate surface area is 79.4 Å². The molecule has 0 fully saturated rings. The molecule has 0 heterocycles. The second-order valence-electron chi connectivity index (χ2n) is 2.89. The van der Waals surface area contributed by atoms with Gasteiger partial charge in [0.15, 0.2) is 5.60 Å². The molecule has 0 amide bonds. The molecule has 3 heteroatoms. The average Bonchev–Trinajstić information content (AvgIpc) is 2.13. The first-order valence-electron chi connectivity index (χ1n) is 4.61. The molecule has 0 aromatic rings. The smallest absolute Gasteiger partial charge is 0.335 e. The minimum atomic E-state index is -1.00. The maximum absolute atomic E-state index is 10.9. The van der Waals surface area contributed by atoms with Gasteiger partial charge in [0.05, 0.1) is 6.61 Å². The van der Waals surface area contributed by atoms with Gasteiger partial charge in [0, 0.05) is 0 Å². The van der Waals surface area contributed by atoms with E-state index in [0.717, 1.165) is 0 Å². The predicted molar refractivity (Wildman–Crippen MR) is 51.7 cm³/mol. The van der Waals surface area contributed by atoms with Crippen LogP contribution in [-0.4, -0.2) is 23.3 Å². The van der Waals surface area contributed by atoms with E-state index >= 15 is 0 Å². The monoisotopic (exact) mass is 186 g/mol. The molecule has 0 aliphatic heterocycles. The van der Waals surface area contributed by atoms with Crippen molar-refractivity contribution in [1.29, 1.82) is 0 Å². The number of ether oxygens (including phenoxy) is 1. The molecule has 13 heavy (non-hydrogen) atoms. The molecule has 0 aromatic carbocycles. The molecule has 0 atom stereocenters. The number of hydrogen-bond acceptors (Lipinski definition) is 2. The van der Waals surface area contributed by atoms with Crippen molar-refractivity contribution >= 4 is 5.97 Å². The number of aliphatic carboxylic acids is 1. The van der Waals surface area contributed by atoms with Gasteiger partial charge in [-0.25, -0.2) is 4.79 Å². The fourth-order valence-electron chi connectivity index (χ4n) is 1.12. The van der Waals surface area contributed by atoms with Crippen molar-refractivity contribution in [3.8, 4) is 0 Å². The van der Waals surface area contributed by atoms with Crippen LogP contribution in [0.15, 0.2) is 12.2 Å². The van der Waals surface area contributed by atoms with E-state index in [0.29, 0.717) is 19.4 Å². The lowest BCUT2D eigenvalue weighted by Crippen LogP contribution is -2.40. The van der Waals surface area contributed by atoms with Crippen molar-refractivity contribution in [2.75, 3.05) is 6.61 Å². The van der Waals surface area contributed by atoms with Gasteiger partial charge in [-0.2, -0.15) is 0 Å². The Balaban J connectivity index is 4.30. The molecular formula is C10H18O3. The van der Waals surface area contributed by atoms with Crippen LogP contribution in [0.3, 0.4) is 0 Å². The summed E-state index contributed by atoms with van der Waals surface area (Å²) in [6.45, 7) is 5.90. The Kier molecular flexibility index (Phi) is 5.39. The Bertz CT molecular complexity index is 181. The van der Waals surface area contributed by atoms with Crippen LogP contribution in [0.4, 0.5) is 0 Å². The number of carbonyl (C=O) groups is 1. The van der Waals surface area contributed by atoms with Crippen LogP contribution in [0.25, 0.3) is 0 Å². The largest absolute Gasteiger partial charge is 0.479 e. The van der Waals surface area contributed by atoms with Gasteiger partial charge in [0.1, 0.15) is 0 Å². The van der Waals surface area contributed by atoms with E-state index < -0.39 is 11.6 Å². The molecule has 0 bridgehead atoms. The highest BCUT2D eigenvalue weighted by atomic mass is 16.5. The van der Waals surface area contributed by atoms with Gasteiger partial charge >= 0.3 is 5.97 Å². The first-order valence-corrected chi connectivity index (χ1v) is 4.61. The molecule has 0 saturated carbocycles. The van der Waals surface area contributed by atoms with Crippen LogP contribution in [0, 0.1) is 0 Å². The van der Waals surface area contributed by atoms with Crippen molar-refractivity contribution < 1.29 is 14.6 Å². The molecule has 0 spiro atoms. The summed E-state index contributed by atoms with van der Waals surface area (Å²) in [4.78, 5) is 10.9. The zero-order valence-electron chi connectivity index (χ0n) is 8.54. The third-order valence-corrected chi connectivity index (χ3v) is 2.22. The van der Waals surface area contributed by atoms with Gasteiger partial charge < -0.3 is 9.84 Å². The summed E-state index contributed by atoms with van der Waals surface area (Å²) in [6, 6.07) is 0. The number of allylic oxidation sites excluding steroid dienone is 1. The van der Waals surface area contributed by atoms with E-state index in [1.807, 2.05) is 32.9 Å². The predicted octanol–water partition coefficient (Wildman–Crippen LogP) is 2.22. The quantitative estimate of drug-likeness (QED) is 0.647. The van der Waals surface area contributed by atoms with Crippen LogP contribution >= 0.6 is 0 Å². The number of rotatable bonds is 6. The highest BCUT2D eigenvalue weighted by Crippen LogP contribution is 2.20. The number of hydrogen-bond donors (Lipinski definition) is 1. The highest BCUT2D eigenvalue weighted by Gasteiger charge is 2.35. The maximum atomic E-state index is 10.9. The average molecular weight is 186 g/mol. The minimum absolute atomic E-state index is 0.366. The molecule has 0 radical (unpaired) electrons. The Hall–Kier alpha value is -0.830. The highest BCUT2D eigenvalue weighted by molar-refractivity contribution is 5.77. The summed E-state index contributed by atoms with van der Waals surface area (Å²) in [5.74, 6) is -0.873. The van der Waals surface area contributed by atoms with E-state index in [1.165, 1.54) is 0 Å². The topological polar surface area (TPSA) is 46.5 Å². The van der Waals surface area contributed by atoms with Gasteiger partial charge in [-0.15, -0.1) is 0 Å². The van der Waals surface area contributed by atoms with Crippen LogP contribution in [0.1, 0.15) is 33.6 Å². The molecule has 0 aliphatic rings. The van der Waals surface area contributed by atoms with Crippen molar-refractivity contribution in [1.82, 2.24) is 0 Å². The lowest BCUT2D eigenvalue weighted by Gasteiger charge is -2.26. The third-order valence-electron chi connectivity index (χ3n) is 2.22. The fourth-order valence-corrected chi connectivity index (χ4v) is 1.12. The summed E-state index contributed by atoms with van der Waals surface area (Å²) in [7, 11) is 0. The molecule has 0 aromatic heterocycles. The zero-order valence-corrected chi connectivity index (χ0v) is 8.54. The van der Waals surface area contributed by atoms with Crippen molar-refractivity contribution in [2.45, 2.75) is 39.2 Å². The van der Waals surface area contributed by atoms with Gasteiger partial charge in [0.2, 0.25) is 0 Å². The lowest BCUT2D eigenvalue weighted by molar-refractivity contribution is -0.165. The van der Waals surface area contributed by atoms with E-state index in [-0.39, 0.29) is 0 Å². The SMILES string of the molecule is CC=CCOC(CC)(CC)C(=O)O. The van der Waals surface area contributed by atoms with Crippen molar-refractivity contribution in [3.05, 3.63) is 12.2 Å². The maximum Gasteiger partial charge on any atom is 0.335 e. The van der Waals surface area contributed by atoms with E-state index in [2.05, 4.69) is 0 Å². The summed E-state index contributed by atoms with van der Waals surface area (Å²) in [5.41, 5.74) is -1.00. The molecule has 0 rings (SSSR count). The van der Waals surface area contributed by atoms with Crippen LogP contribution in [0.2, 0.25) is 0 Å². The van der Waals surface area contributed by atoms with E-state index in [4.69, 9.17) is 9.84 Å². The van der Waals surface area contributed by atoms with Crippen LogP contribution in [-0.2, 0) is 9.53 Å². The Morgan fingerprint density at radius 3 is 2.31 bits per heavy atom. The number of carboxylic acids is 1. The van der Waals surface area contributed by atoms with Gasteiger partial charge in [-0.1, -0.05) is 26.0 Å². The summed E-state index contributed by atoms with van der Waals surface area (Å²) >= 11 is 0.